The number of hydrogen-bond donors (Lipinski definition) is 1. The quantitative estimate of drug-likeness (QED) is 0.679. The Balaban J connectivity index is 1.70. The van der Waals surface area contributed by atoms with Gasteiger partial charge in [0.15, 0.2) is 0 Å². The van der Waals surface area contributed by atoms with E-state index in [2.05, 4.69) is 10.4 Å². The van der Waals surface area contributed by atoms with Crippen molar-refractivity contribution in [2.24, 2.45) is 0 Å². The summed E-state index contributed by atoms with van der Waals surface area (Å²) >= 11 is 0. The molecule has 0 atom stereocenters. The number of carbonyl (C=O) groups is 1. The Labute approximate surface area is 177 Å². The summed E-state index contributed by atoms with van der Waals surface area (Å²) < 4.78 is 39.9. The van der Waals surface area contributed by atoms with Crippen LogP contribution in [0, 0.1) is 13.8 Å². The van der Waals surface area contributed by atoms with E-state index in [4.69, 9.17) is 9.47 Å². The second-order valence-corrected chi connectivity index (χ2v) is 8.84. The molecule has 0 unspecified atom stereocenters. The number of amides is 1. The highest BCUT2D eigenvalue weighted by Gasteiger charge is 2.32. The molecule has 30 heavy (non-hydrogen) atoms. The molecule has 1 N–H and O–H groups in total. The van der Waals surface area contributed by atoms with Gasteiger partial charge in [0, 0.05) is 19.5 Å². The fourth-order valence-corrected chi connectivity index (χ4v) is 5.24. The number of para-hydroxylation sites is 2. The van der Waals surface area contributed by atoms with Crippen molar-refractivity contribution in [2.75, 3.05) is 38.2 Å². The molecule has 1 amide bonds. The number of ether oxygens (including phenoxy) is 2. The largest absolute Gasteiger partial charge is 0.492 e. The predicted molar refractivity (Wildman–Crippen MR) is 112 cm³/mol. The monoisotopic (exact) mass is 436 g/mol. The highest BCUT2D eigenvalue weighted by molar-refractivity contribution is 7.89. The maximum atomic E-state index is 13.0. The molecule has 1 saturated heterocycles. The van der Waals surface area contributed by atoms with Crippen LogP contribution in [-0.2, 0) is 26.1 Å². The second kappa shape index (κ2) is 9.59. The second-order valence-electron chi connectivity index (χ2n) is 6.97. The molecule has 0 spiro atoms. The molecule has 1 aliphatic rings. The van der Waals surface area contributed by atoms with E-state index >= 15 is 0 Å². The van der Waals surface area contributed by atoms with Crippen molar-refractivity contribution < 1.29 is 22.7 Å². The van der Waals surface area contributed by atoms with E-state index in [1.807, 2.05) is 19.1 Å². The zero-order valence-corrected chi connectivity index (χ0v) is 18.4. The third-order valence-electron chi connectivity index (χ3n) is 4.89. The summed E-state index contributed by atoms with van der Waals surface area (Å²) in [5.41, 5.74) is 1.57. The van der Waals surface area contributed by atoms with Gasteiger partial charge in [0.05, 0.1) is 43.4 Å². The Kier molecular flexibility index (Phi) is 7.11. The van der Waals surface area contributed by atoms with Crippen molar-refractivity contribution in [3.63, 3.8) is 0 Å². The molecular formula is C20H28N4O5S. The molecule has 2 aromatic rings. The van der Waals surface area contributed by atoms with Gasteiger partial charge in [-0.2, -0.15) is 9.40 Å². The smallest absolute Gasteiger partial charge is 0.246 e. The van der Waals surface area contributed by atoms with Crippen LogP contribution in [0.4, 0.5) is 5.69 Å². The maximum Gasteiger partial charge on any atom is 0.246 e. The molecule has 0 bridgehead atoms. The first kappa shape index (κ1) is 22.3. The summed E-state index contributed by atoms with van der Waals surface area (Å²) in [4.78, 5) is 12.7. The minimum atomic E-state index is -3.65. The number of nitrogens with zero attached hydrogens (tertiary/aromatic N) is 3. The molecule has 1 fully saturated rings. The van der Waals surface area contributed by atoms with E-state index in [0.717, 1.165) is 0 Å². The van der Waals surface area contributed by atoms with Gasteiger partial charge >= 0.3 is 0 Å². The van der Waals surface area contributed by atoms with E-state index in [1.165, 1.54) is 4.31 Å². The van der Waals surface area contributed by atoms with Gasteiger partial charge in [0.1, 0.15) is 10.6 Å². The molecule has 1 aromatic carbocycles. The Morgan fingerprint density at radius 2 is 1.93 bits per heavy atom. The number of sulfonamides is 1. The molecule has 2 heterocycles. The van der Waals surface area contributed by atoms with Gasteiger partial charge in [-0.15, -0.1) is 0 Å². The van der Waals surface area contributed by atoms with E-state index in [0.29, 0.717) is 55.7 Å². The average Bonchev–Trinajstić information content (AvgIpc) is 3.02. The zero-order valence-electron chi connectivity index (χ0n) is 17.6. The van der Waals surface area contributed by atoms with Crippen LogP contribution in [-0.4, -0.2) is 61.3 Å². The zero-order chi connectivity index (χ0) is 21.7. The normalized spacial score (nSPS) is 15.2. The van der Waals surface area contributed by atoms with Crippen LogP contribution in [0.1, 0.15) is 24.7 Å². The van der Waals surface area contributed by atoms with E-state index < -0.39 is 10.0 Å². The van der Waals surface area contributed by atoms with Gasteiger partial charge in [0.25, 0.3) is 0 Å². The van der Waals surface area contributed by atoms with Gasteiger partial charge < -0.3 is 14.8 Å². The lowest BCUT2D eigenvalue weighted by atomic mass is 10.2. The number of morpholine rings is 1. The maximum absolute atomic E-state index is 13.0. The molecule has 9 nitrogen and oxygen atoms in total. The number of carbonyl (C=O) groups excluding carboxylic acids is 1. The molecule has 10 heteroatoms. The standard InChI is InChI=1S/C20H28N4O5S/c1-4-29-18-8-6-5-7-17(18)21-19(25)9-10-24-16(3)20(15(2)22-24)30(26,27)23-11-13-28-14-12-23/h5-8H,4,9-14H2,1-3H3,(H,21,25). The molecule has 0 aliphatic carbocycles. The van der Waals surface area contributed by atoms with Gasteiger partial charge in [-0.3, -0.25) is 9.48 Å². The van der Waals surface area contributed by atoms with Crippen molar-refractivity contribution in [3.05, 3.63) is 35.7 Å². The number of anilines is 1. The Bertz CT molecular complexity index is 997. The Morgan fingerprint density at radius 1 is 1.23 bits per heavy atom. The summed E-state index contributed by atoms with van der Waals surface area (Å²) in [6.07, 6.45) is 0.152. The predicted octanol–water partition coefficient (Wildman–Crippen LogP) is 1.95. The minimum Gasteiger partial charge on any atom is -0.492 e. The lowest BCUT2D eigenvalue weighted by molar-refractivity contribution is -0.116. The van der Waals surface area contributed by atoms with E-state index in [9.17, 15) is 13.2 Å². The number of hydrogen-bond acceptors (Lipinski definition) is 6. The summed E-state index contributed by atoms with van der Waals surface area (Å²) in [5, 5.41) is 7.22. The Hall–Kier alpha value is -2.43. The molecule has 1 aromatic heterocycles. The van der Waals surface area contributed by atoms with Gasteiger partial charge in [-0.25, -0.2) is 8.42 Å². The molecule has 0 saturated carbocycles. The van der Waals surface area contributed by atoms with E-state index in [1.54, 1.807) is 30.7 Å². The number of nitrogens with one attached hydrogen (secondary N) is 1. The highest BCUT2D eigenvalue weighted by atomic mass is 32.2. The van der Waals surface area contributed by atoms with Gasteiger partial charge in [0.2, 0.25) is 15.9 Å². The van der Waals surface area contributed by atoms with Gasteiger partial charge in [-0.05, 0) is 32.9 Å². The van der Waals surface area contributed by atoms with Crippen LogP contribution in [0.5, 0.6) is 5.75 Å². The molecule has 164 valence electrons. The first-order valence-corrected chi connectivity index (χ1v) is 11.4. The highest BCUT2D eigenvalue weighted by Crippen LogP contribution is 2.25. The summed E-state index contributed by atoms with van der Waals surface area (Å²) in [5.74, 6) is 0.408. The topological polar surface area (TPSA) is 103 Å². The average molecular weight is 437 g/mol. The third-order valence-corrected chi connectivity index (χ3v) is 7.05. The summed E-state index contributed by atoms with van der Waals surface area (Å²) in [6, 6.07) is 7.23. The minimum absolute atomic E-state index is 0.152. The van der Waals surface area contributed by atoms with Crippen LogP contribution >= 0.6 is 0 Å². The molecule has 0 radical (unpaired) electrons. The van der Waals surface area contributed by atoms with Crippen LogP contribution in [0.15, 0.2) is 29.2 Å². The fourth-order valence-electron chi connectivity index (χ4n) is 3.46. The number of aromatic nitrogens is 2. The first-order chi connectivity index (χ1) is 14.3. The van der Waals surface area contributed by atoms with Gasteiger partial charge in [-0.1, -0.05) is 12.1 Å². The van der Waals surface area contributed by atoms with E-state index in [-0.39, 0.29) is 23.8 Å². The van der Waals surface area contributed by atoms with Crippen molar-refractivity contribution in [1.82, 2.24) is 14.1 Å². The Morgan fingerprint density at radius 3 is 2.63 bits per heavy atom. The number of benzene rings is 1. The van der Waals surface area contributed by atoms with Crippen molar-refractivity contribution in [3.8, 4) is 5.75 Å². The van der Waals surface area contributed by atoms with Crippen LogP contribution in [0.3, 0.4) is 0 Å². The summed E-state index contributed by atoms with van der Waals surface area (Å²) in [7, 11) is -3.65. The third kappa shape index (κ3) is 4.82. The SMILES string of the molecule is CCOc1ccccc1NC(=O)CCn1nc(C)c(S(=O)(=O)N2CCOCC2)c1C. The molecular weight excluding hydrogens is 408 g/mol. The summed E-state index contributed by atoms with van der Waals surface area (Å²) in [6.45, 7) is 7.47. The molecule has 1 aliphatic heterocycles. The number of aryl methyl sites for hydroxylation is 2. The van der Waals surface area contributed by atoms with Crippen LogP contribution < -0.4 is 10.1 Å². The lowest BCUT2D eigenvalue weighted by Crippen LogP contribution is -2.41. The number of rotatable bonds is 8. The first-order valence-electron chi connectivity index (χ1n) is 9.98. The van der Waals surface area contributed by atoms with Crippen molar-refractivity contribution in [2.45, 2.75) is 38.6 Å². The van der Waals surface area contributed by atoms with Crippen molar-refractivity contribution in [1.29, 1.82) is 0 Å². The van der Waals surface area contributed by atoms with Crippen molar-refractivity contribution >= 4 is 21.6 Å². The molecule has 3 rings (SSSR count). The van der Waals surface area contributed by atoms with Crippen LogP contribution in [0.2, 0.25) is 0 Å². The van der Waals surface area contributed by atoms with Crippen LogP contribution in [0.25, 0.3) is 0 Å². The lowest BCUT2D eigenvalue weighted by Gasteiger charge is -2.26. The fraction of sp³-hybridized carbons (Fsp3) is 0.500.